The van der Waals surface area contributed by atoms with Gasteiger partial charge in [0, 0.05) is 12.0 Å². The van der Waals surface area contributed by atoms with Crippen LogP contribution in [-0.4, -0.2) is 30.4 Å². The lowest BCUT2D eigenvalue weighted by Gasteiger charge is -2.55. The summed E-state index contributed by atoms with van der Waals surface area (Å²) in [7, 11) is 0. The second-order valence-electron chi connectivity index (χ2n) is 10.6. The monoisotopic (exact) mass is 420 g/mol. The molecule has 5 aliphatic rings. The minimum atomic E-state index is -0.0607. The molecule has 162 valence electrons. The lowest BCUT2D eigenvalue weighted by atomic mass is 9.49. The summed E-state index contributed by atoms with van der Waals surface area (Å²) >= 11 is 0. The van der Waals surface area contributed by atoms with Gasteiger partial charge in [0.05, 0.1) is 6.04 Å². The van der Waals surface area contributed by atoms with Crippen LogP contribution in [0.5, 0.6) is 0 Å². The summed E-state index contributed by atoms with van der Waals surface area (Å²) in [6, 6.07) is 4.32. The summed E-state index contributed by atoms with van der Waals surface area (Å²) in [6.45, 7) is 7.23. The average Bonchev–Trinajstić information content (AvgIpc) is 3.08. The molecule has 4 nitrogen and oxygen atoms in total. The Hall–Kier alpha value is -1.00. The molecule has 2 heterocycles. The molecular formula is C24H37ClN2O2. The maximum atomic E-state index is 13.4. The predicted molar refractivity (Wildman–Crippen MR) is 117 cm³/mol. The van der Waals surface area contributed by atoms with E-state index in [9.17, 15) is 4.79 Å². The summed E-state index contributed by atoms with van der Waals surface area (Å²) < 4.78 is 6.01. The van der Waals surface area contributed by atoms with Crippen molar-refractivity contribution in [3.8, 4) is 0 Å². The van der Waals surface area contributed by atoms with Crippen LogP contribution >= 0.6 is 12.4 Å². The molecule has 1 saturated heterocycles. The molecule has 1 atom stereocenters. The molecule has 1 unspecified atom stereocenters. The number of furan rings is 1. The first-order valence-corrected chi connectivity index (χ1v) is 11.6. The van der Waals surface area contributed by atoms with Crippen LogP contribution in [0.25, 0.3) is 0 Å². The van der Waals surface area contributed by atoms with Crippen molar-refractivity contribution in [3.63, 3.8) is 0 Å². The van der Waals surface area contributed by atoms with Gasteiger partial charge < -0.3 is 9.73 Å². The second kappa shape index (κ2) is 8.26. The van der Waals surface area contributed by atoms with E-state index in [0.29, 0.717) is 12.5 Å². The summed E-state index contributed by atoms with van der Waals surface area (Å²) in [6.07, 6.45) is 10.0. The molecule has 1 aromatic rings. The third-order valence-electron chi connectivity index (χ3n) is 8.32. The first kappa shape index (κ1) is 21.2. The van der Waals surface area contributed by atoms with Crippen molar-refractivity contribution in [3.05, 3.63) is 23.7 Å². The number of halogens is 1. The number of hydrogen-bond donors (Lipinski definition) is 1. The maximum absolute atomic E-state index is 13.4. The highest BCUT2D eigenvalue weighted by molar-refractivity contribution is 5.85. The number of carbonyl (C=O) groups is 1. The van der Waals surface area contributed by atoms with Crippen molar-refractivity contribution in [2.24, 2.45) is 29.1 Å². The summed E-state index contributed by atoms with van der Waals surface area (Å²) in [5.74, 6) is 5.54. The lowest BCUT2D eigenvalue weighted by molar-refractivity contribution is -0.146. The smallest absolute Gasteiger partial charge is 0.226 e. The number of nitrogens with zero attached hydrogens (tertiary/aromatic N) is 1. The molecule has 4 saturated carbocycles. The molecule has 4 aliphatic carbocycles. The van der Waals surface area contributed by atoms with E-state index < -0.39 is 0 Å². The average molecular weight is 421 g/mol. The van der Waals surface area contributed by atoms with Gasteiger partial charge in [-0.05, 0) is 107 Å². The Morgan fingerprint density at radius 1 is 1.14 bits per heavy atom. The number of nitrogens with one attached hydrogen (secondary N) is 1. The molecule has 6 rings (SSSR count). The van der Waals surface area contributed by atoms with Gasteiger partial charge in [-0.3, -0.25) is 9.69 Å². The molecule has 0 spiro atoms. The maximum Gasteiger partial charge on any atom is 0.226 e. The van der Waals surface area contributed by atoms with Crippen LogP contribution in [0.15, 0.2) is 16.5 Å². The normalized spacial score (nSPS) is 35.3. The standard InChI is InChI=1S/C24H36N2O2.ClH/c1-16-5-7-26(8-6-16)21(22-4-3-17(2)28-22)15-25-23(27)24-12-18-9-19(13-24)11-20(10-18)14-24;/h3-4,16,18-21H,5-15H2,1-2H3,(H,25,27);1H. The molecule has 1 aromatic heterocycles. The predicted octanol–water partition coefficient (Wildman–Crippen LogP) is 5.12. The number of likely N-dealkylation sites (tertiary alicyclic amines) is 1. The molecule has 4 bridgehead atoms. The van der Waals surface area contributed by atoms with Gasteiger partial charge in [0.1, 0.15) is 11.5 Å². The SMILES string of the molecule is Cc1ccc(C(CNC(=O)C23CC4CC(CC(C4)C2)C3)N2CCC(C)CC2)o1.Cl. The fourth-order valence-corrected chi connectivity index (χ4v) is 7.15. The zero-order chi connectivity index (χ0) is 19.3. The van der Waals surface area contributed by atoms with E-state index in [2.05, 4.69) is 29.3 Å². The van der Waals surface area contributed by atoms with Gasteiger partial charge in [-0.2, -0.15) is 0 Å². The number of carbonyl (C=O) groups excluding carboxylic acids is 1. The van der Waals surface area contributed by atoms with Crippen LogP contribution in [0, 0.1) is 36.0 Å². The Balaban J connectivity index is 0.00000205. The summed E-state index contributed by atoms with van der Waals surface area (Å²) in [5, 5.41) is 3.42. The molecule has 1 N–H and O–H groups in total. The van der Waals surface area contributed by atoms with Crippen LogP contribution in [0.1, 0.15) is 75.9 Å². The minimum absolute atomic E-state index is 0. The van der Waals surface area contributed by atoms with Crippen LogP contribution in [0.2, 0.25) is 0 Å². The molecule has 29 heavy (non-hydrogen) atoms. The Labute approximate surface area is 181 Å². The molecular weight excluding hydrogens is 384 g/mol. The fraction of sp³-hybridized carbons (Fsp3) is 0.792. The highest BCUT2D eigenvalue weighted by atomic mass is 35.5. The quantitative estimate of drug-likeness (QED) is 0.719. The van der Waals surface area contributed by atoms with E-state index >= 15 is 0 Å². The molecule has 5 fully saturated rings. The zero-order valence-corrected chi connectivity index (χ0v) is 18.8. The van der Waals surface area contributed by atoms with Gasteiger partial charge in [0.15, 0.2) is 0 Å². The molecule has 0 radical (unpaired) electrons. The summed E-state index contributed by atoms with van der Waals surface area (Å²) in [4.78, 5) is 15.9. The number of hydrogen-bond acceptors (Lipinski definition) is 3. The zero-order valence-electron chi connectivity index (χ0n) is 18.0. The van der Waals surface area contributed by atoms with Crippen LogP contribution in [0.3, 0.4) is 0 Å². The van der Waals surface area contributed by atoms with E-state index in [1.165, 1.54) is 32.1 Å². The first-order chi connectivity index (χ1) is 13.5. The van der Waals surface area contributed by atoms with Crippen molar-refractivity contribution in [1.82, 2.24) is 10.2 Å². The third-order valence-corrected chi connectivity index (χ3v) is 8.32. The van der Waals surface area contributed by atoms with E-state index in [-0.39, 0.29) is 23.9 Å². The van der Waals surface area contributed by atoms with Gasteiger partial charge in [-0.15, -0.1) is 12.4 Å². The topological polar surface area (TPSA) is 45.5 Å². The Bertz CT molecular complexity index is 687. The second-order valence-corrected chi connectivity index (χ2v) is 10.6. The largest absolute Gasteiger partial charge is 0.465 e. The van der Waals surface area contributed by atoms with Crippen LogP contribution < -0.4 is 5.32 Å². The molecule has 1 aliphatic heterocycles. The number of piperidine rings is 1. The first-order valence-electron chi connectivity index (χ1n) is 11.6. The van der Waals surface area contributed by atoms with Crippen molar-refractivity contribution in [2.45, 2.75) is 71.3 Å². The number of amides is 1. The van der Waals surface area contributed by atoms with Crippen molar-refractivity contribution in [2.75, 3.05) is 19.6 Å². The van der Waals surface area contributed by atoms with Crippen molar-refractivity contribution < 1.29 is 9.21 Å². The Morgan fingerprint density at radius 3 is 2.24 bits per heavy atom. The highest BCUT2D eigenvalue weighted by Gasteiger charge is 2.54. The minimum Gasteiger partial charge on any atom is -0.465 e. The molecule has 5 heteroatoms. The molecule has 1 amide bonds. The van der Waals surface area contributed by atoms with Crippen LogP contribution in [-0.2, 0) is 4.79 Å². The van der Waals surface area contributed by atoms with E-state index in [1.807, 2.05) is 6.92 Å². The molecule has 0 aromatic carbocycles. The summed E-state index contributed by atoms with van der Waals surface area (Å²) in [5.41, 5.74) is -0.0607. The van der Waals surface area contributed by atoms with Gasteiger partial charge in [0.25, 0.3) is 0 Å². The Kier molecular flexibility index (Phi) is 6.05. The highest BCUT2D eigenvalue weighted by Crippen LogP contribution is 2.60. The van der Waals surface area contributed by atoms with Crippen LogP contribution in [0.4, 0.5) is 0 Å². The third kappa shape index (κ3) is 4.12. The van der Waals surface area contributed by atoms with Crippen molar-refractivity contribution in [1.29, 1.82) is 0 Å². The lowest BCUT2D eigenvalue weighted by Crippen LogP contribution is -2.54. The van der Waals surface area contributed by atoms with Gasteiger partial charge >= 0.3 is 0 Å². The van der Waals surface area contributed by atoms with E-state index in [4.69, 9.17) is 4.42 Å². The fourth-order valence-electron chi connectivity index (χ4n) is 7.15. The Morgan fingerprint density at radius 2 is 1.72 bits per heavy atom. The number of rotatable bonds is 5. The van der Waals surface area contributed by atoms with Crippen molar-refractivity contribution >= 4 is 18.3 Å². The van der Waals surface area contributed by atoms with E-state index in [0.717, 1.165) is 67.5 Å². The number of aryl methyl sites for hydroxylation is 1. The van der Waals surface area contributed by atoms with Gasteiger partial charge in [0.2, 0.25) is 5.91 Å². The van der Waals surface area contributed by atoms with Gasteiger partial charge in [-0.25, -0.2) is 0 Å². The van der Waals surface area contributed by atoms with Gasteiger partial charge in [-0.1, -0.05) is 6.92 Å². The van der Waals surface area contributed by atoms with E-state index in [1.54, 1.807) is 0 Å².